The van der Waals surface area contributed by atoms with Gasteiger partial charge in [-0.05, 0) is 12.1 Å². The molecule has 1 aromatic rings. The second kappa shape index (κ2) is 5.16. The molecule has 0 spiro atoms. The van der Waals surface area contributed by atoms with Crippen LogP contribution in [0.1, 0.15) is 0 Å². The summed E-state index contributed by atoms with van der Waals surface area (Å²) in [6.07, 6.45) is 0. The summed E-state index contributed by atoms with van der Waals surface area (Å²) in [5.41, 5.74) is 6.00. The molecule has 1 rings (SSSR count). The zero-order valence-electron chi connectivity index (χ0n) is 7.29. The molecule has 0 bridgehead atoms. The number of para-hydroxylation sites is 1. The zero-order chi connectivity index (χ0) is 9.52. The molecular formula is C9H13N3O. The molecule has 0 aliphatic rings. The molecule has 0 saturated heterocycles. The quantitative estimate of drug-likeness (QED) is 0.641. The average molecular weight is 179 g/mol. The number of anilines is 1. The standard InChI is InChI=1S/C9H13N3O/c10-6-7-11-9(13)12-8-4-2-1-3-5-8/h1-5H,6-7,10H2,(H2,11,12,13). The molecule has 0 unspecified atom stereocenters. The Labute approximate surface area is 77.1 Å². The van der Waals surface area contributed by atoms with Crippen LogP contribution in [-0.2, 0) is 0 Å². The third kappa shape index (κ3) is 3.57. The third-order valence-corrected chi connectivity index (χ3v) is 1.46. The van der Waals surface area contributed by atoms with Crippen LogP contribution in [0.5, 0.6) is 0 Å². The number of hydrogen-bond acceptors (Lipinski definition) is 2. The van der Waals surface area contributed by atoms with Gasteiger partial charge in [0.1, 0.15) is 0 Å². The molecule has 0 aliphatic carbocycles. The molecule has 0 saturated carbocycles. The smallest absolute Gasteiger partial charge is 0.319 e. The van der Waals surface area contributed by atoms with Gasteiger partial charge in [0.05, 0.1) is 0 Å². The lowest BCUT2D eigenvalue weighted by Gasteiger charge is -2.05. The highest BCUT2D eigenvalue weighted by Crippen LogP contribution is 2.03. The van der Waals surface area contributed by atoms with E-state index in [1.54, 1.807) is 0 Å². The van der Waals surface area contributed by atoms with Gasteiger partial charge in [0.15, 0.2) is 0 Å². The number of nitrogens with one attached hydrogen (secondary N) is 2. The summed E-state index contributed by atoms with van der Waals surface area (Å²) < 4.78 is 0. The fourth-order valence-corrected chi connectivity index (χ4v) is 0.882. The molecule has 0 fully saturated rings. The number of benzene rings is 1. The SMILES string of the molecule is NCCNC(=O)Nc1ccccc1. The normalized spacial score (nSPS) is 9.31. The molecule has 4 heteroatoms. The molecule has 13 heavy (non-hydrogen) atoms. The summed E-state index contributed by atoms with van der Waals surface area (Å²) in [5, 5.41) is 5.28. The van der Waals surface area contributed by atoms with E-state index in [4.69, 9.17) is 5.73 Å². The van der Waals surface area contributed by atoms with Crippen molar-refractivity contribution in [1.29, 1.82) is 0 Å². The van der Waals surface area contributed by atoms with Crippen LogP contribution < -0.4 is 16.4 Å². The largest absolute Gasteiger partial charge is 0.337 e. The molecule has 0 aromatic heterocycles. The van der Waals surface area contributed by atoms with Gasteiger partial charge in [-0.3, -0.25) is 0 Å². The Morgan fingerprint density at radius 1 is 1.31 bits per heavy atom. The van der Waals surface area contributed by atoms with Gasteiger partial charge in [0.2, 0.25) is 0 Å². The maximum absolute atomic E-state index is 11.1. The predicted molar refractivity (Wildman–Crippen MR) is 52.5 cm³/mol. The third-order valence-electron chi connectivity index (χ3n) is 1.46. The molecular weight excluding hydrogens is 166 g/mol. The maximum atomic E-state index is 11.1. The van der Waals surface area contributed by atoms with Gasteiger partial charge in [0, 0.05) is 18.8 Å². The van der Waals surface area contributed by atoms with Gasteiger partial charge >= 0.3 is 6.03 Å². The van der Waals surface area contributed by atoms with Crippen molar-refractivity contribution in [3.63, 3.8) is 0 Å². The minimum absolute atomic E-state index is 0.225. The monoisotopic (exact) mass is 179 g/mol. The second-order valence-electron chi connectivity index (χ2n) is 2.54. The van der Waals surface area contributed by atoms with Crippen molar-refractivity contribution < 1.29 is 4.79 Å². The molecule has 0 aliphatic heterocycles. The van der Waals surface area contributed by atoms with Gasteiger partial charge < -0.3 is 16.4 Å². The summed E-state index contributed by atoms with van der Waals surface area (Å²) in [4.78, 5) is 11.1. The van der Waals surface area contributed by atoms with Gasteiger partial charge in [-0.2, -0.15) is 0 Å². The molecule has 2 amide bonds. The van der Waals surface area contributed by atoms with E-state index in [1.807, 2.05) is 30.3 Å². The summed E-state index contributed by atoms with van der Waals surface area (Å²) in [7, 11) is 0. The Morgan fingerprint density at radius 3 is 2.62 bits per heavy atom. The number of carbonyl (C=O) groups is 1. The highest BCUT2D eigenvalue weighted by molar-refractivity contribution is 5.89. The van der Waals surface area contributed by atoms with Crippen LogP contribution in [0.15, 0.2) is 30.3 Å². The van der Waals surface area contributed by atoms with Crippen LogP contribution in [0, 0.1) is 0 Å². The van der Waals surface area contributed by atoms with E-state index in [0.29, 0.717) is 13.1 Å². The van der Waals surface area contributed by atoms with Crippen molar-refractivity contribution >= 4 is 11.7 Å². The van der Waals surface area contributed by atoms with Gasteiger partial charge in [-0.15, -0.1) is 0 Å². The summed E-state index contributed by atoms with van der Waals surface area (Å²) in [5.74, 6) is 0. The van der Waals surface area contributed by atoms with E-state index in [1.165, 1.54) is 0 Å². The van der Waals surface area contributed by atoms with Crippen LogP contribution >= 0.6 is 0 Å². The molecule has 0 radical (unpaired) electrons. The summed E-state index contributed by atoms with van der Waals surface area (Å²) in [6.45, 7) is 0.931. The minimum atomic E-state index is -0.225. The van der Waals surface area contributed by atoms with E-state index < -0.39 is 0 Å². The topological polar surface area (TPSA) is 67.1 Å². The predicted octanol–water partition coefficient (Wildman–Crippen LogP) is 0.767. The number of rotatable bonds is 3. The molecule has 0 heterocycles. The van der Waals surface area contributed by atoms with Gasteiger partial charge in [-0.1, -0.05) is 18.2 Å². The van der Waals surface area contributed by atoms with Crippen LogP contribution in [0.4, 0.5) is 10.5 Å². The van der Waals surface area contributed by atoms with Crippen LogP contribution in [0.2, 0.25) is 0 Å². The van der Waals surface area contributed by atoms with Crippen molar-refractivity contribution in [2.24, 2.45) is 5.73 Å². The van der Waals surface area contributed by atoms with Crippen molar-refractivity contribution in [2.75, 3.05) is 18.4 Å². The summed E-state index contributed by atoms with van der Waals surface area (Å²) >= 11 is 0. The van der Waals surface area contributed by atoms with Crippen molar-refractivity contribution in [3.8, 4) is 0 Å². The fourth-order valence-electron chi connectivity index (χ4n) is 0.882. The number of hydrogen-bond donors (Lipinski definition) is 3. The van der Waals surface area contributed by atoms with Crippen LogP contribution in [-0.4, -0.2) is 19.1 Å². The van der Waals surface area contributed by atoms with E-state index in [2.05, 4.69) is 10.6 Å². The Morgan fingerprint density at radius 2 is 2.00 bits per heavy atom. The first-order valence-corrected chi connectivity index (χ1v) is 4.13. The molecule has 4 N–H and O–H groups in total. The summed E-state index contributed by atoms with van der Waals surface area (Å²) in [6, 6.07) is 9.03. The van der Waals surface area contributed by atoms with E-state index in [-0.39, 0.29) is 6.03 Å². The van der Waals surface area contributed by atoms with E-state index >= 15 is 0 Å². The molecule has 0 atom stereocenters. The minimum Gasteiger partial charge on any atom is -0.337 e. The van der Waals surface area contributed by atoms with E-state index in [0.717, 1.165) is 5.69 Å². The lowest BCUT2D eigenvalue weighted by Crippen LogP contribution is -2.32. The maximum Gasteiger partial charge on any atom is 0.319 e. The Balaban J connectivity index is 2.37. The van der Waals surface area contributed by atoms with Crippen LogP contribution in [0.25, 0.3) is 0 Å². The van der Waals surface area contributed by atoms with Crippen molar-refractivity contribution in [2.45, 2.75) is 0 Å². The second-order valence-corrected chi connectivity index (χ2v) is 2.54. The molecule has 4 nitrogen and oxygen atoms in total. The first kappa shape index (κ1) is 9.54. The number of nitrogens with two attached hydrogens (primary N) is 1. The lowest BCUT2D eigenvalue weighted by molar-refractivity contribution is 0.252. The first-order valence-electron chi connectivity index (χ1n) is 4.13. The van der Waals surface area contributed by atoms with Crippen molar-refractivity contribution in [3.05, 3.63) is 30.3 Å². The average Bonchev–Trinajstić information content (AvgIpc) is 2.16. The Kier molecular flexibility index (Phi) is 3.78. The van der Waals surface area contributed by atoms with Gasteiger partial charge in [0.25, 0.3) is 0 Å². The van der Waals surface area contributed by atoms with Crippen LogP contribution in [0.3, 0.4) is 0 Å². The Bertz CT molecular complexity index is 261. The van der Waals surface area contributed by atoms with E-state index in [9.17, 15) is 4.79 Å². The highest BCUT2D eigenvalue weighted by Gasteiger charge is 1.97. The molecule has 70 valence electrons. The number of urea groups is 1. The van der Waals surface area contributed by atoms with Crippen molar-refractivity contribution in [1.82, 2.24) is 5.32 Å². The number of carbonyl (C=O) groups excluding carboxylic acids is 1. The fraction of sp³-hybridized carbons (Fsp3) is 0.222. The first-order chi connectivity index (χ1) is 6.33. The highest BCUT2D eigenvalue weighted by atomic mass is 16.2. The van der Waals surface area contributed by atoms with Gasteiger partial charge in [-0.25, -0.2) is 4.79 Å². The number of amides is 2. The zero-order valence-corrected chi connectivity index (χ0v) is 7.29. The molecule has 1 aromatic carbocycles. The lowest BCUT2D eigenvalue weighted by atomic mass is 10.3. The Hall–Kier alpha value is -1.55.